The minimum Gasteiger partial charge on any atom is -0.479 e. The molecule has 224 valence electrons. The number of anilines is 1. The predicted molar refractivity (Wildman–Crippen MR) is 147 cm³/mol. The Labute approximate surface area is 242 Å². The highest BCUT2D eigenvalue weighted by Crippen LogP contribution is 2.45. The monoisotopic (exact) mass is 607 g/mol. The molecule has 2 bridgehead atoms. The number of carbonyl (C=O) groups excluding carboxylic acids is 1. The number of benzene rings is 1. The van der Waals surface area contributed by atoms with Gasteiger partial charge in [-0.05, 0) is 43.3 Å². The lowest BCUT2D eigenvalue weighted by Crippen LogP contribution is -2.53. The zero-order valence-corrected chi connectivity index (χ0v) is 23.9. The summed E-state index contributed by atoms with van der Waals surface area (Å²) in [5, 5.41) is 14.3. The number of aryl methyl sites for hydroxylation is 1. The van der Waals surface area contributed by atoms with Crippen molar-refractivity contribution in [3.05, 3.63) is 41.4 Å². The van der Waals surface area contributed by atoms with Crippen LogP contribution in [0.1, 0.15) is 41.1 Å². The van der Waals surface area contributed by atoms with Crippen molar-refractivity contribution < 1.29 is 31.6 Å². The minimum absolute atomic E-state index is 0.0112. The highest BCUT2D eigenvalue weighted by Gasteiger charge is 2.46. The summed E-state index contributed by atoms with van der Waals surface area (Å²) in [6.07, 6.45) is -2.97. The molecule has 1 aromatic carbocycles. The number of nitrogens with zero attached hydrogens (tertiary/aromatic N) is 5. The molecule has 42 heavy (non-hydrogen) atoms. The molecule has 0 radical (unpaired) electrons. The minimum atomic E-state index is -4.49. The maximum atomic E-state index is 15.4. The van der Waals surface area contributed by atoms with Crippen LogP contribution in [0.15, 0.2) is 28.9 Å². The van der Waals surface area contributed by atoms with E-state index >= 15 is 4.39 Å². The normalized spacial score (nSPS) is 22.5. The van der Waals surface area contributed by atoms with E-state index in [1.54, 1.807) is 25.2 Å². The lowest BCUT2D eigenvalue weighted by atomic mass is 9.95. The van der Waals surface area contributed by atoms with Crippen LogP contribution < -0.4 is 15.4 Å². The van der Waals surface area contributed by atoms with Gasteiger partial charge < -0.3 is 19.9 Å². The Hall–Kier alpha value is -3.72. The SMILES string of the molecule is COc1nn(C)cc1C(=O)NCc1nc(-c2sc3c(N[C@@H]4C[C@H]5CC[C@@H]([C@@H]4F)N5C)cccc3c2CC(F)(F)F)no1. The van der Waals surface area contributed by atoms with E-state index in [4.69, 9.17) is 9.26 Å². The molecule has 0 saturated carbocycles. The van der Waals surface area contributed by atoms with Gasteiger partial charge in [0.2, 0.25) is 17.6 Å². The Balaban J connectivity index is 1.28. The third-order valence-electron chi connectivity index (χ3n) is 8.01. The summed E-state index contributed by atoms with van der Waals surface area (Å²) in [7, 11) is 4.98. The number of hydrogen-bond donors (Lipinski definition) is 2. The fraction of sp³-hybridized carbons (Fsp3) is 0.481. The number of nitrogens with one attached hydrogen (secondary N) is 2. The lowest BCUT2D eigenvalue weighted by molar-refractivity contribution is -0.126. The summed E-state index contributed by atoms with van der Waals surface area (Å²) in [4.78, 5) is 19.2. The van der Waals surface area contributed by atoms with Crippen molar-refractivity contribution in [1.82, 2.24) is 30.1 Å². The summed E-state index contributed by atoms with van der Waals surface area (Å²) in [6.45, 7) is -0.160. The van der Waals surface area contributed by atoms with Gasteiger partial charge >= 0.3 is 6.18 Å². The van der Waals surface area contributed by atoms with Crippen LogP contribution in [0, 0.1) is 0 Å². The van der Waals surface area contributed by atoms with Gasteiger partial charge in [-0.3, -0.25) is 14.4 Å². The number of aromatic nitrogens is 4. The van der Waals surface area contributed by atoms with Crippen molar-refractivity contribution in [2.24, 2.45) is 7.05 Å². The quantitative estimate of drug-likeness (QED) is 0.277. The summed E-state index contributed by atoms with van der Waals surface area (Å²) >= 11 is 1.10. The van der Waals surface area contributed by atoms with Crippen molar-refractivity contribution in [2.45, 2.75) is 62.7 Å². The molecule has 0 aliphatic carbocycles. The van der Waals surface area contributed by atoms with Crippen molar-refractivity contribution in [2.75, 3.05) is 19.5 Å². The Kier molecular flexibility index (Phi) is 7.33. The molecule has 15 heteroatoms. The molecule has 6 rings (SSSR count). The van der Waals surface area contributed by atoms with Gasteiger partial charge in [-0.2, -0.15) is 18.2 Å². The first-order valence-electron chi connectivity index (χ1n) is 13.4. The number of rotatable bonds is 8. The van der Waals surface area contributed by atoms with Gasteiger partial charge in [-0.15, -0.1) is 16.4 Å². The van der Waals surface area contributed by atoms with Crippen molar-refractivity contribution in [3.8, 4) is 16.6 Å². The van der Waals surface area contributed by atoms with E-state index in [0.29, 0.717) is 22.2 Å². The molecule has 2 aliphatic rings. The summed E-state index contributed by atoms with van der Waals surface area (Å²) in [6, 6.07) is 4.71. The number of amides is 1. The van der Waals surface area contributed by atoms with Gasteiger partial charge in [0.15, 0.2) is 0 Å². The highest BCUT2D eigenvalue weighted by molar-refractivity contribution is 7.23. The van der Waals surface area contributed by atoms with Crippen LogP contribution in [0.3, 0.4) is 0 Å². The third-order valence-corrected chi connectivity index (χ3v) is 9.29. The second-order valence-electron chi connectivity index (χ2n) is 10.7. The van der Waals surface area contributed by atoms with Crippen molar-refractivity contribution >= 4 is 33.0 Å². The van der Waals surface area contributed by atoms with Crippen molar-refractivity contribution in [3.63, 3.8) is 0 Å². The fourth-order valence-corrected chi connectivity index (χ4v) is 7.25. The van der Waals surface area contributed by atoms with Crippen LogP contribution in [-0.2, 0) is 20.0 Å². The van der Waals surface area contributed by atoms with Gasteiger partial charge in [-0.25, -0.2) is 4.39 Å². The Bertz CT molecular complexity index is 1620. The number of piperidine rings is 1. The van der Waals surface area contributed by atoms with E-state index in [2.05, 4.69) is 30.8 Å². The Morgan fingerprint density at radius 1 is 1.26 bits per heavy atom. The fourth-order valence-electron chi connectivity index (χ4n) is 6.02. The van der Waals surface area contributed by atoms with E-state index in [1.165, 1.54) is 18.0 Å². The number of hydrogen-bond acceptors (Lipinski definition) is 9. The predicted octanol–water partition coefficient (Wildman–Crippen LogP) is 4.71. The molecule has 4 atom stereocenters. The van der Waals surface area contributed by atoms with Gasteiger partial charge in [0, 0.05) is 25.3 Å². The molecule has 2 N–H and O–H groups in total. The molecule has 2 saturated heterocycles. The molecule has 5 heterocycles. The lowest BCUT2D eigenvalue weighted by Gasteiger charge is -2.39. The third kappa shape index (κ3) is 5.30. The van der Waals surface area contributed by atoms with Crippen LogP contribution in [-0.4, -0.2) is 75.4 Å². The zero-order chi connectivity index (χ0) is 29.8. The molecule has 2 aliphatic heterocycles. The topological polar surface area (TPSA) is 110 Å². The van der Waals surface area contributed by atoms with Crippen LogP contribution in [0.4, 0.5) is 23.2 Å². The smallest absolute Gasteiger partial charge is 0.393 e. The molecular weight excluding hydrogens is 578 g/mol. The number of carbonyl (C=O) groups is 1. The van der Waals surface area contributed by atoms with E-state index in [0.717, 1.165) is 24.2 Å². The van der Waals surface area contributed by atoms with Gasteiger partial charge in [0.1, 0.15) is 11.7 Å². The van der Waals surface area contributed by atoms with E-state index in [1.807, 2.05) is 7.05 Å². The van der Waals surface area contributed by atoms with Crippen LogP contribution >= 0.6 is 11.3 Å². The molecule has 4 aromatic rings. The Morgan fingerprint density at radius 2 is 2.07 bits per heavy atom. The van der Waals surface area contributed by atoms with E-state index < -0.39 is 30.7 Å². The number of alkyl halides is 4. The van der Waals surface area contributed by atoms with Crippen LogP contribution in [0.5, 0.6) is 5.88 Å². The number of halogens is 4. The van der Waals surface area contributed by atoms with Crippen LogP contribution in [0.2, 0.25) is 0 Å². The zero-order valence-electron chi connectivity index (χ0n) is 23.0. The van der Waals surface area contributed by atoms with E-state index in [-0.39, 0.29) is 52.2 Å². The number of methoxy groups -OCH3 is 1. The first kappa shape index (κ1) is 28.4. The summed E-state index contributed by atoms with van der Waals surface area (Å²) in [5.41, 5.74) is 0.790. The van der Waals surface area contributed by atoms with Gasteiger partial charge in [0.25, 0.3) is 5.91 Å². The standard InChI is InChI=1S/C27H29F4N7O3S/c1-37-12-16(26(35-37)40-3)25(39)32-11-20-34-24(36-41-20)23-15(10-27(29,30)31)14-5-4-6-17(22(14)42-23)33-18-9-13-7-8-19(21(18)28)38(13)2/h4-6,12-13,18-19,21,33H,7-11H2,1-3H3,(H,32,39)/t13-,18-,19+,21-/m1/s1. The summed E-state index contributed by atoms with van der Waals surface area (Å²) in [5.74, 6) is -0.370. The largest absolute Gasteiger partial charge is 0.479 e. The summed E-state index contributed by atoms with van der Waals surface area (Å²) < 4.78 is 69.0. The Morgan fingerprint density at radius 3 is 2.83 bits per heavy atom. The molecule has 0 unspecified atom stereocenters. The average molecular weight is 608 g/mol. The molecule has 10 nitrogen and oxygen atoms in total. The number of fused-ring (bicyclic) bond motifs is 3. The molecule has 1 amide bonds. The first-order valence-corrected chi connectivity index (χ1v) is 14.3. The van der Waals surface area contributed by atoms with Gasteiger partial charge in [-0.1, -0.05) is 17.3 Å². The number of ether oxygens (including phenoxy) is 1. The first-order chi connectivity index (χ1) is 20.0. The molecular formula is C27H29F4N7O3S. The average Bonchev–Trinajstić information content (AvgIpc) is 3.70. The highest BCUT2D eigenvalue weighted by atomic mass is 32.1. The maximum Gasteiger partial charge on any atom is 0.393 e. The maximum absolute atomic E-state index is 15.4. The molecule has 3 aromatic heterocycles. The second-order valence-corrected chi connectivity index (χ2v) is 11.7. The molecule has 2 fully saturated rings. The molecule has 0 spiro atoms. The van der Waals surface area contributed by atoms with Gasteiger partial charge in [0.05, 0.1) is 41.4 Å². The second kappa shape index (κ2) is 10.8. The van der Waals surface area contributed by atoms with Crippen LogP contribution in [0.25, 0.3) is 20.8 Å². The van der Waals surface area contributed by atoms with Crippen molar-refractivity contribution in [1.29, 1.82) is 0 Å². The van der Waals surface area contributed by atoms with E-state index in [9.17, 15) is 18.0 Å². The number of thiophene rings is 1.